The molecule has 0 unspecified atom stereocenters. The maximum Gasteiger partial charge on any atom is 2.00 e. The summed E-state index contributed by atoms with van der Waals surface area (Å²) in [5.74, 6) is 0. The average molecular weight is 379 g/mol. The van der Waals surface area contributed by atoms with Crippen molar-refractivity contribution in [3.05, 3.63) is 69.9 Å². The predicted octanol–water partition coefficient (Wildman–Crippen LogP) is 2.56. The van der Waals surface area contributed by atoms with Crippen molar-refractivity contribution in [3.63, 3.8) is 0 Å². The van der Waals surface area contributed by atoms with Crippen LogP contribution in [0, 0.1) is 10.1 Å². The molecule has 2 aromatic rings. The van der Waals surface area contributed by atoms with Crippen LogP contribution in [0.4, 0.5) is 11.4 Å². The van der Waals surface area contributed by atoms with E-state index in [1.165, 1.54) is 12.1 Å². The van der Waals surface area contributed by atoms with E-state index in [0.29, 0.717) is 11.4 Å². The van der Waals surface area contributed by atoms with Crippen LogP contribution in [0.2, 0.25) is 0 Å². The summed E-state index contributed by atoms with van der Waals surface area (Å²) in [4.78, 5) is 14.3. The Morgan fingerprint density at radius 1 is 1.30 bits per heavy atom. The van der Waals surface area contributed by atoms with Crippen molar-refractivity contribution in [1.29, 1.82) is 0 Å². The van der Waals surface area contributed by atoms with Gasteiger partial charge in [-0.2, -0.15) is 0 Å². The first-order chi connectivity index (χ1) is 10.6. The van der Waals surface area contributed by atoms with E-state index in [0.717, 1.165) is 5.69 Å². The van der Waals surface area contributed by atoms with Crippen molar-refractivity contribution in [2.45, 2.75) is 6.92 Å². The molecule has 0 aliphatic rings. The molecule has 1 N–H and O–H groups in total. The van der Waals surface area contributed by atoms with E-state index in [4.69, 9.17) is 0 Å². The Labute approximate surface area is 148 Å². The molecule has 0 aliphatic carbocycles. The Morgan fingerprint density at radius 2 is 2.00 bits per heavy atom. The summed E-state index contributed by atoms with van der Waals surface area (Å²) in [5.41, 5.74) is 5.96. The first-order valence-corrected chi connectivity index (χ1v) is 6.75. The molecular weight excluding hydrogens is 366 g/mol. The van der Waals surface area contributed by atoms with E-state index in [9.17, 15) is 10.1 Å². The van der Waals surface area contributed by atoms with E-state index in [2.05, 4.69) is 33.0 Å². The van der Waals surface area contributed by atoms with Gasteiger partial charge in [-0.05, 0) is 31.2 Å². The van der Waals surface area contributed by atoms with Gasteiger partial charge in [0.1, 0.15) is 0 Å². The number of hydrogen-bond acceptors (Lipinski definition) is 4. The number of non-ortho nitro benzene ring substituents is 1. The van der Waals surface area contributed by atoms with Gasteiger partial charge in [-0.25, -0.2) is 0 Å². The van der Waals surface area contributed by atoms with E-state index in [1.54, 1.807) is 25.3 Å². The van der Waals surface area contributed by atoms with Gasteiger partial charge >= 0.3 is 17.1 Å². The standard InChI is InChI=1S/C14H13N5O2S.Cu/c1-10(13-4-2-3-9-15-13)17-18-14(22)16-11-5-7-12(8-6-11)19(20)21;/h2-9H,1H3,(H2,15,16,18,22);/q;+2. The van der Waals surface area contributed by atoms with Gasteiger partial charge in [0.25, 0.3) is 5.69 Å². The number of thiol groups is 1. The number of benzene rings is 1. The summed E-state index contributed by atoms with van der Waals surface area (Å²) in [7, 11) is 0. The van der Waals surface area contributed by atoms with E-state index in [1.807, 2.05) is 18.2 Å². The molecule has 2 rings (SSSR count). The van der Waals surface area contributed by atoms with Crippen LogP contribution in [0.1, 0.15) is 12.6 Å². The quantitative estimate of drug-likeness (QED) is 0.168. The van der Waals surface area contributed by atoms with Gasteiger partial charge in [0.2, 0.25) is 5.11 Å². The second-order valence-electron chi connectivity index (χ2n) is 4.25. The number of pyridine rings is 1. The summed E-state index contributed by atoms with van der Waals surface area (Å²) in [5, 5.41) is 17.7. The number of nitro benzene ring substituents is 1. The van der Waals surface area contributed by atoms with Gasteiger partial charge in [-0.1, -0.05) is 6.07 Å². The molecule has 0 aliphatic heterocycles. The van der Waals surface area contributed by atoms with Gasteiger partial charge in [-0.3, -0.25) is 15.1 Å². The second-order valence-corrected chi connectivity index (χ2v) is 4.68. The third kappa shape index (κ3) is 5.74. The van der Waals surface area contributed by atoms with Crippen LogP contribution < -0.4 is 5.32 Å². The molecule has 1 heterocycles. The van der Waals surface area contributed by atoms with Gasteiger partial charge in [0.15, 0.2) is 12.2 Å². The molecule has 0 saturated heterocycles. The van der Waals surface area contributed by atoms with E-state index < -0.39 is 4.92 Å². The maximum absolute atomic E-state index is 10.6. The molecule has 1 radical (unpaired) electrons. The van der Waals surface area contributed by atoms with Crippen molar-refractivity contribution in [2.75, 3.05) is 5.32 Å². The fourth-order valence-corrected chi connectivity index (χ4v) is 1.74. The summed E-state index contributed by atoms with van der Waals surface area (Å²) < 4.78 is 0. The average Bonchev–Trinajstić information content (AvgIpc) is 2.54. The number of hydrogen-bond donors (Lipinski definition) is 1. The van der Waals surface area contributed by atoms with Crippen LogP contribution in [0.15, 0.2) is 53.8 Å². The Bertz CT molecular complexity index is 707. The molecule has 9 heteroatoms. The minimum atomic E-state index is -0.458. The zero-order valence-corrected chi connectivity index (χ0v) is 13.8. The van der Waals surface area contributed by atoms with Gasteiger partial charge in [0.05, 0.1) is 10.6 Å². The first kappa shape index (κ1) is 18.7. The first-order valence-electron chi connectivity index (χ1n) is 6.30. The molecule has 0 spiro atoms. The Hall–Kier alpha value is -2.35. The molecule has 0 saturated carbocycles. The zero-order chi connectivity index (χ0) is 15.9. The molecule has 1 aromatic heterocycles. The van der Waals surface area contributed by atoms with Crippen molar-refractivity contribution in [1.82, 2.24) is 4.98 Å². The SMILES string of the molecule is CC(=N[N-]C(=[SH+])Nc1ccc([N+](=O)[O-])cc1)c1ccccn1.[Cu+2]. The third-order valence-electron chi connectivity index (χ3n) is 2.66. The van der Waals surface area contributed by atoms with Gasteiger partial charge in [-0.15, -0.1) is 0 Å². The summed E-state index contributed by atoms with van der Waals surface area (Å²) >= 11 is 4.17. The van der Waals surface area contributed by atoms with Crippen LogP contribution in [0.5, 0.6) is 0 Å². The van der Waals surface area contributed by atoms with Crippen molar-refractivity contribution < 1.29 is 22.0 Å². The molecule has 23 heavy (non-hydrogen) atoms. The van der Waals surface area contributed by atoms with Gasteiger partial charge < -0.3 is 15.8 Å². The monoisotopic (exact) mass is 378 g/mol. The molecule has 121 valence electrons. The molecule has 0 amide bonds. The topological polar surface area (TPSA) is 94.5 Å². The van der Waals surface area contributed by atoms with Crippen molar-refractivity contribution in [2.24, 2.45) is 5.10 Å². The normalized spacial score (nSPS) is 10.4. The molecule has 0 atom stereocenters. The van der Waals surface area contributed by atoms with Gasteiger partial charge in [0, 0.05) is 29.7 Å². The minimum Gasteiger partial charge on any atom is -0.509 e. The van der Waals surface area contributed by atoms with Crippen LogP contribution in [0.25, 0.3) is 5.43 Å². The van der Waals surface area contributed by atoms with E-state index in [-0.39, 0.29) is 27.9 Å². The Kier molecular flexibility index (Phi) is 7.27. The Morgan fingerprint density at radius 3 is 2.57 bits per heavy atom. The summed E-state index contributed by atoms with van der Waals surface area (Å²) in [6.07, 6.45) is 1.68. The molecule has 1 aromatic carbocycles. The number of anilines is 1. The smallest absolute Gasteiger partial charge is 0.509 e. The minimum absolute atomic E-state index is 0. The Balaban J connectivity index is 0.00000264. The van der Waals surface area contributed by atoms with Crippen LogP contribution in [-0.2, 0) is 29.3 Å². The molecule has 0 fully saturated rings. The summed E-state index contributed by atoms with van der Waals surface area (Å²) in [6.45, 7) is 1.79. The predicted molar refractivity (Wildman–Crippen MR) is 90.3 cm³/mol. The second kappa shape index (κ2) is 8.94. The number of aromatic nitrogens is 1. The summed E-state index contributed by atoms with van der Waals surface area (Å²) in [6, 6.07) is 11.4. The number of nitrogens with zero attached hydrogens (tertiary/aromatic N) is 4. The maximum atomic E-state index is 10.6. The third-order valence-corrected chi connectivity index (χ3v) is 2.87. The van der Waals surface area contributed by atoms with Crippen LogP contribution in [0.3, 0.4) is 0 Å². The molecular formula is C14H13CuN5O2S+2. The van der Waals surface area contributed by atoms with E-state index >= 15 is 0 Å². The van der Waals surface area contributed by atoms with Crippen LogP contribution in [-0.4, -0.2) is 20.7 Å². The van der Waals surface area contributed by atoms with Crippen molar-refractivity contribution in [3.8, 4) is 0 Å². The number of nitro groups is 1. The number of nitrogens with one attached hydrogen (secondary N) is 1. The zero-order valence-electron chi connectivity index (χ0n) is 12.0. The number of rotatable bonds is 4. The fraction of sp³-hybridized carbons (Fsp3) is 0.0714. The van der Waals surface area contributed by atoms with Crippen molar-refractivity contribution >= 4 is 34.4 Å². The molecule has 7 nitrogen and oxygen atoms in total. The largest absolute Gasteiger partial charge is 2.00 e. The van der Waals surface area contributed by atoms with Crippen LogP contribution >= 0.6 is 0 Å². The fourth-order valence-electron chi connectivity index (χ4n) is 1.57. The molecule has 0 bridgehead atoms.